The van der Waals surface area contributed by atoms with Crippen molar-refractivity contribution >= 4 is 17.5 Å². The van der Waals surface area contributed by atoms with Crippen LogP contribution in [0.4, 0.5) is 11.6 Å². The Morgan fingerprint density at radius 1 is 0.963 bits per heavy atom. The maximum Gasteiger partial charge on any atom is 0.274 e. The molecule has 0 bridgehead atoms. The Kier molecular flexibility index (Phi) is 5.50. The van der Waals surface area contributed by atoms with E-state index in [0.29, 0.717) is 18.2 Å². The van der Waals surface area contributed by atoms with Gasteiger partial charge >= 0.3 is 0 Å². The van der Waals surface area contributed by atoms with Crippen LogP contribution < -0.4 is 10.6 Å². The van der Waals surface area contributed by atoms with E-state index in [-0.39, 0.29) is 5.91 Å². The van der Waals surface area contributed by atoms with Gasteiger partial charge in [-0.3, -0.25) is 4.79 Å². The summed E-state index contributed by atoms with van der Waals surface area (Å²) in [5, 5.41) is 6.16. The largest absolute Gasteiger partial charge is 0.350 e. The van der Waals surface area contributed by atoms with Gasteiger partial charge in [-0.25, -0.2) is 9.97 Å². The number of nitrogens with zero attached hydrogens (tertiary/aromatic N) is 2. The van der Waals surface area contributed by atoms with Gasteiger partial charge in [-0.1, -0.05) is 42.0 Å². The van der Waals surface area contributed by atoms with E-state index < -0.39 is 0 Å². The van der Waals surface area contributed by atoms with Crippen molar-refractivity contribution in [3.05, 3.63) is 82.2 Å². The fourth-order valence-electron chi connectivity index (χ4n) is 3.11. The zero-order valence-electron chi connectivity index (χ0n) is 16.1. The molecule has 5 heteroatoms. The number of amides is 1. The topological polar surface area (TPSA) is 66.9 Å². The van der Waals surface area contributed by atoms with E-state index in [2.05, 4.69) is 51.8 Å². The number of hydrogen-bond donors (Lipinski definition) is 2. The number of aryl methyl sites for hydroxylation is 4. The molecule has 3 rings (SSSR count). The highest BCUT2D eigenvalue weighted by molar-refractivity contribution is 6.03. The molecule has 2 aromatic carbocycles. The zero-order chi connectivity index (χ0) is 19.4. The average molecular weight is 360 g/mol. The normalized spacial score (nSPS) is 10.5. The highest BCUT2D eigenvalue weighted by atomic mass is 16.1. The molecule has 0 saturated heterocycles. The molecule has 1 aromatic heterocycles. The van der Waals surface area contributed by atoms with Gasteiger partial charge in [0, 0.05) is 18.4 Å². The number of carbonyl (C=O) groups excluding carboxylic acids is 1. The molecule has 0 aliphatic carbocycles. The summed E-state index contributed by atoms with van der Waals surface area (Å²) in [6.45, 7) is 8.69. The second-order valence-electron chi connectivity index (χ2n) is 6.77. The first kappa shape index (κ1) is 18.6. The lowest BCUT2D eigenvalue weighted by atomic mass is 10.1. The molecule has 1 amide bonds. The molecule has 138 valence electrons. The van der Waals surface area contributed by atoms with Crippen molar-refractivity contribution in [2.24, 2.45) is 0 Å². The molecule has 0 unspecified atom stereocenters. The van der Waals surface area contributed by atoms with E-state index in [1.165, 1.54) is 16.7 Å². The number of carbonyl (C=O) groups is 1. The number of benzene rings is 2. The molecule has 27 heavy (non-hydrogen) atoms. The summed E-state index contributed by atoms with van der Waals surface area (Å²) in [4.78, 5) is 21.2. The molecular formula is C22H24N4O. The third-order valence-corrected chi connectivity index (χ3v) is 4.50. The Hall–Kier alpha value is -3.21. The highest BCUT2D eigenvalue weighted by Crippen LogP contribution is 2.22. The molecule has 0 spiro atoms. The van der Waals surface area contributed by atoms with Crippen molar-refractivity contribution in [2.45, 2.75) is 34.2 Å². The van der Waals surface area contributed by atoms with Crippen LogP contribution in [0, 0.1) is 27.7 Å². The Bertz CT molecular complexity index is 959. The monoisotopic (exact) mass is 360 g/mol. The lowest BCUT2D eigenvalue weighted by Gasteiger charge is -2.13. The van der Waals surface area contributed by atoms with Crippen LogP contribution in [0.3, 0.4) is 0 Å². The van der Waals surface area contributed by atoms with Crippen LogP contribution in [-0.4, -0.2) is 15.9 Å². The van der Waals surface area contributed by atoms with Crippen molar-refractivity contribution < 1.29 is 4.79 Å². The van der Waals surface area contributed by atoms with E-state index in [1.54, 1.807) is 12.3 Å². The van der Waals surface area contributed by atoms with E-state index in [1.807, 2.05) is 32.9 Å². The Morgan fingerprint density at radius 2 is 1.67 bits per heavy atom. The lowest BCUT2D eigenvalue weighted by molar-refractivity contribution is 0.102. The highest BCUT2D eigenvalue weighted by Gasteiger charge is 2.12. The fraction of sp³-hybridized carbons (Fsp3) is 0.227. The van der Waals surface area contributed by atoms with E-state index in [0.717, 1.165) is 16.8 Å². The first-order valence-electron chi connectivity index (χ1n) is 8.94. The number of nitrogens with one attached hydrogen (secondary N) is 2. The van der Waals surface area contributed by atoms with Gasteiger partial charge < -0.3 is 10.6 Å². The molecule has 2 N–H and O–H groups in total. The van der Waals surface area contributed by atoms with Gasteiger partial charge in [-0.2, -0.15) is 0 Å². The summed E-state index contributed by atoms with van der Waals surface area (Å²) in [5.74, 6) is 0.189. The molecule has 0 atom stereocenters. The molecule has 0 aliphatic heterocycles. The molecule has 5 nitrogen and oxygen atoms in total. The number of rotatable bonds is 5. The van der Waals surface area contributed by atoms with E-state index in [9.17, 15) is 4.79 Å². The molecule has 0 radical (unpaired) electrons. The predicted octanol–water partition coefficient (Wildman–Crippen LogP) is 4.57. The molecule has 0 fully saturated rings. The number of anilines is 2. The second kappa shape index (κ2) is 7.99. The third kappa shape index (κ3) is 4.50. The fourth-order valence-corrected chi connectivity index (χ4v) is 3.11. The second-order valence-corrected chi connectivity index (χ2v) is 6.77. The van der Waals surface area contributed by atoms with E-state index >= 15 is 0 Å². The van der Waals surface area contributed by atoms with Crippen LogP contribution in [-0.2, 0) is 6.54 Å². The number of aromatic nitrogens is 2. The van der Waals surface area contributed by atoms with Crippen molar-refractivity contribution in [2.75, 3.05) is 10.6 Å². The quantitative estimate of drug-likeness (QED) is 0.699. The average Bonchev–Trinajstić information content (AvgIpc) is 2.64. The Morgan fingerprint density at radius 3 is 2.37 bits per heavy atom. The van der Waals surface area contributed by atoms with Crippen LogP contribution in [0.1, 0.15) is 38.3 Å². The summed E-state index contributed by atoms with van der Waals surface area (Å²) in [6.07, 6.45) is 1.59. The lowest BCUT2D eigenvalue weighted by Crippen LogP contribution is -2.17. The molecule has 0 aliphatic rings. The van der Waals surface area contributed by atoms with Crippen LogP contribution in [0.15, 0.2) is 48.7 Å². The minimum absolute atomic E-state index is 0.244. The summed E-state index contributed by atoms with van der Waals surface area (Å²) in [7, 11) is 0. The molecule has 0 saturated carbocycles. The van der Waals surface area contributed by atoms with Crippen LogP contribution in [0.2, 0.25) is 0 Å². The van der Waals surface area contributed by atoms with Crippen LogP contribution in [0.5, 0.6) is 0 Å². The predicted molar refractivity (Wildman–Crippen MR) is 109 cm³/mol. The SMILES string of the molecule is Cc1cc(C)c(NC(=O)c2ccnc(NCc3ccccc3C)n2)c(C)c1. The molecular weight excluding hydrogens is 336 g/mol. The van der Waals surface area contributed by atoms with E-state index in [4.69, 9.17) is 0 Å². The summed E-state index contributed by atoms with van der Waals surface area (Å²) < 4.78 is 0. The van der Waals surface area contributed by atoms with Gasteiger partial charge in [0.05, 0.1) is 0 Å². The third-order valence-electron chi connectivity index (χ3n) is 4.50. The van der Waals surface area contributed by atoms with Gasteiger partial charge in [0.2, 0.25) is 5.95 Å². The van der Waals surface area contributed by atoms with Crippen LogP contribution >= 0.6 is 0 Å². The van der Waals surface area contributed by atoms with Crippen LogP contribution in [0.25, 0.3) is 0 Å². The first-order valence-corrected chi connectivity index (χ1v) is 8.94. The van der Waals surface area contributed by atoms with Gasteiger partial charge in [0.15, 0.2) is 0 Å². The Labute approximate surface area is 159 Å². The molecule has 1 heterocycles. The minimum Gasteiger partial charge on any atom is -0.350 e. The maximum absolute atomic E-state index is 12.7. The zero-order valence-corrected chi connectivity index (χ0v) is 16.1. The van der Waals surface area contributed by atoms with Gasteiger partial charge in [0.1, 0.15) is 5.69 Å². The van der Waals surface area contributed by atoms with Gasteiger partial charge in [-0.05, 0) is 56.0 Å². The van der Waals surface area contributed by atoms with Crippen molar-refractivity contribution in [1.29, 1.82) is 0 Å². The standard InChI is InChI=1S/C22H24N4O/c1-14-11-16(3)20(17(4)12-14)26-21(27)19-9-10-23-22(25-19)24-13-18-8-6-5-7-15(18)2/h5-12H,13H2,1-4H3,(H,26,27)(H,23,24,25). The van der Waals surface area contributed by atoms with Crippen molar-refractivity contribution in [3.63, 3.8) is 0 Å². The molecule has 3 aromatic rings. The summed E-state index contributed by atoms with van der Waals surface area (Å²) >= 11 is 0. The van der Waals surface area contributed by atoms with Gasteiger partial charge in [0.25, 0.3) is 5.91 Å². The van der Waals surface area contributed by atoms with Crippen molar-refractivity contribution in [1.82, 2.24) is 9.97 Å². The maximum atomic E-state index is 12.7. The summed E-state index contributed by atoms with van der Waals surface area (Å²) in [5.41, 5.74) is 6.77. The smallest absolute Gasteiger partial charge is 0.274 e. The summed E-state index contributed by atoms with van der Waals surface area (Å²) in [6, 6.07) is 13.9. The minimum atomic E-state index is -0.244. The van der Waals surface area contributed by atoms with Gasteiger partial charge in [-0.15, -0.1) is 0 Å². The Balaban J connectivity index is 1.73. The number of hydrogen-bond acceptors (Lipinski definition) is 4. The first-order chi connectivity index (χ1) is 12.9. The van der Waals surface area contributed by atoms with Crippen molar-refractivity contribution in [3.8, 4) is 0 Å².